The Morgan fingerprint density at radius 1 is 1.39 bits per heavy atom. The lowest BCUT2D eigenvalue weighted by atomic mass is 10.2. The van der Waals surface area contributed by atoms with Gasteiger partial charge in [0.05, 0.1) is 23.8 Å². The maximum Gasteiger partial charge on any atom is 0.410 e. The van der Waals surface area contributed by atoms with E-state index < -0.39 is 5.60 Å². The van der Waals surface area contributed by atoms with Crippen molar-refractivity contribution in [2.75, 3.05) is 0 Å². The SMILES string of the molecule is CC(C)(C)OC(=O)N1Cc2nc(C3CC3)sc2C1. The van der Waals surface area contributed by atoms with E-state index in [9.17, 15) is 4.79 Å². The second-order valence-electron chi connectivity index (χ2n) is 6.03. The van der Waals surface area contributed by atoms with Crippen LogP contribution in [0.15, 0.2) is 0 Å². The molecular formula is C13H18N2O2S. The Morgan fingerprint density at radius 2 is 2.11 bits per heavy atom. The van der Waals surface area contributed by atoms with Gasteiger partial charge in [0.2, 0.25) is 0 Å². The molecule has 2 aliphatic rings. The number of ether oxygens (including phenoxy) is 1. The van der Waals surface area contributed by atoms with Crippen molar-refractivity contribution in [2.45, 2.75) is 58.2 Å². The lowest BCUT2D eigenvalue weighted by molar-refractivity contribution is 0.0241. The van der Waals surface area contributed by atoms with Crippen molar-refractivity contribution in [1.82, 2.24) is 9.88 Å². The molecule has 0 saturated heterocycles. The van der Waals surface area contributed by atoms with E-state index in [1.54, 1.807) is 16.2 Å². The van der Waals surface area contributed by atoms with Gasteiger partial charge in [0.15, 0.2) is 0 Å². The molecule has 1 aromatic rings. The number of thiazole rings is 1. The van der Waals surface area contributed by atoms with Crippen molar-refractivity contribution in [3.63, 3.8) is 0 Å². The Morgan fingerprint density at radius 3 is 2.67 bits per heavy atom. The van der Waals surface area contributed by atoms with Crippen LogP contribution in [-0.4, -0.2) is 21.6 Å². The van der Waals surface area contributed by atoms with Gasteiger partial charge in [-0.05, 0) is 33.6 Å². The van der Waals surface area contributed by atoms with Crippen LogP contribution in [-0.2, 0) is 17.8 Å². The van der Waals surface area contributed by atoms with E-state index in [2.05, 4.69) is 4.98 Å². The number of hydrogen-bond donors (Lipinski definition) is 0. The van der Waals surface area contributed by atoms with E-state index in [4.69, 9.17) is 4.74 Å². The van der Waals surface area contributed by atoms with Crippen LogP contribution >= 0.6 is 11.3 Å². The second kappa shape index (κ2) is 3.95. The van der Waals surface area contributed by atoms with Crippen molar-refractivity contribution in [1.29, 1.82) is 0 Å². The monoisotopic (exact) mass is 266 g/mol. The number of fused-ring (bicyclic) bond motifs is 1. The van der Waals surface area contributed by atoms with Crippen LogP contribution in [0.4, 0.5) is 4.79 Å². The van der Waals surface area contributed by atoms with Crippen LogP contribution in [0.3, 0.4) is 0 Å². The summed E-state index contributed by atoms with van der Waals surface area (Å²) in [6, 6.07) is 0. The Hall–Kier alpha value is -1.10. The number of rotatable bonds is 1. The Bertz CT molecular complexity index is 462. The summed E-state index contributed by atoms with van der Waals surface area (Å²) < 4.78 is 5.38. The molecule has 0 unspecified atom stereocenters. The van der Waals surface area contributed by atoms with Crippen molar-refractivity contribution in [3.8, 4) is 0 Å². The highest BCUT2D eigenvalue weighted by atomic mass is 32.1. The first-order valence-corrected chi connectivity index (χ1v) is 7.20. The van der Waals surface area contributed by atoms with E-state index in [0.717, 1.165) is 5.69 Å². The molecule has 0 bridgehead atoms. The quantitative estimate of drug-likeness (QED) is 0.783. The van der Waals surface area contributed by atoms with Gasteiger partial charge in [0.25, 0.3) is 0 Å². The molecular weight excluding hydrogens is 248 g/mol. The highest BCUT2D eigenvalue weighted by Gasteiger charge is 2.34. The van der Waals surface area contributed by atoms with Crippen molar-refractivity contribution in [3.05, 3.63) is 15.6 Å². The average molecular weight is 266 g/mol. The number of carbonyl (C=O) groups is 1. The van der Waals surface area contributed by atoms with Gasteiger partial charge in [-0.1, -0.05) is 0 Å². The number of hydrogen-bond acceptors (Lipinski definition) is 4. The van der Waals surface area contributed by atoms with Gasteiger partial charge in [0, 0.05) is 10.8 Å². The Labute approximate surface area is 111 Å². The summed E-state index contributed by atoms with van der Waals surface area (Å²) in [6.45, 7) is 6.93. The molecule has 4 nitrogen and oxygen atoms in total. The summed E-state index contributed by atoms with van der Waals surface area (Å²) in [5.41, 5.74) is 0.646. The van der Waals surface area contributed by atoms with Crippen molar-refractivity contribution < 1.29 is 9.53 Å². The van der Waals surface area contributed by atoms with Gasteiger partial charge >= 0.3 is 6.09 Å². The van der Waals surface area contributed by atoms with Crippen LogP contribution in [0, 0.1) is 0 Å². The van der Waals surface area contributed by atoms with Crippen LogP contribution in [0.1, 0.15) is 55.1 Å². The predicted molar refractivity (Wildman–Crippen MR) is 69.6 cm³/mol. The molecule has 0 atom stereocenters. The Kier molecular flexibility index (Phi) is 2.62. The summed E-state index contributed by atoms with van der Waals surface area (Å²) >= 11 is 1.77. The van der Waals surface area contributed by atoms with Gasteiger partial charge in [-0.15, -0.1) is 11.3 Å². The average Bonchev–Trinajstić information content (AvgIpc) is 2.86. The molecule has 1 saturated carbocycles. The molecule has 0 radical (unpaired) electrons. The minimum Gasteiger partial charge on any atom is -0.444 e. The molecule has 1 aliphatic carbocycles. The summed E-state index contributed by atoms with van der Waals surface area (Å²) in [6.07, 6.45) is 2.32. The Balaban J connectivity index is 1.66. The third kappa shape index (κ3) is 2.36. The van der Waals surface area contributed by atoms with Gasteiger partial charge in [0.1, 0.15) is 5.60 Å². The van der Waals surface area contributed by atoms with Crippen LogP contribution < -0.4 is 0 Å². The fourth-order valence-electron chi connectivity index (χ4n) is 2.02. The highest BCUT2D eigenvalue weighted by Crippen LogP contribution is 2.44. The number of aromatic nitrogens is 1. The molecule has 1 aliphatic heterocycles. The molecule has 5 heteroatoms. The minimum atomic E-state index is -0.431. The highest BCUT2D eigenvalue weighted by molar-refractivity contribution is 7.11. The van der Waals surface area contributed by atoms with Crippen LogP contribution in [0.25, 0.3) is 0 Å². The van der Waals surface area contributed by atoms with Crippen LogP contribution in [0.5, 0.6) is 0 Å². The summed E-state index contributed by atoms with van der Waals surface area (Å²) in [7, 11) is 0. The van der Waals surface area contributed by atoms with Gasteiger partial charge in [-0.25, -0.2) is 9.78 Å². The van der Waals surface area contributed by atoms with E-state index >= 15 is 0 Å². The maximum absolute atomic E-state index is 11.9. The lowest BCUT2D eigenvalue weighted by Crippen LogP contribution is -2.33. The third-order valence-corrected chi connectivity index (χ3v) is 4.29. The molecule has 2 heterocycles. The predicted octanol–water partition coefficient (Wildman–Crippen LogP) is 3.27. The summed E-state index contributed by atoms with van der Waals surface area (Å²) in [4.78, 5) is 19.6. The normalized spacial score (nSPS) is 18.9. The van der Waals surface area contributed by atoms with E-state index in [1.165, 1.54) is 22.7 Å². The molecule has 18 heavy (non-hydrogen) atoms. The van der Waals surface area contributed by atoms with Gasteiger partial charge in [-0.3, -0.25) is 4.90 Å². The molecule has 0 aromatic carbocycles. The van der Waals surface area contributed by atoms with Gasteiger partial charge < -0.3 is 4.74 Å². The second-order valence-corrected chi connectivity index (χ2v) is 7.15. The molecule has 1 aromatic heterocycles. The first kappa shape index (κ1) is 12.0. The first-order chi connectivity index (χ1) is 8.42. The fourth-order valence-corrected chi connectivity index (χ4v) is 3.28. The summed E-state index contributed by atoms with van der Waals surface area (Å²) in [5, 5.41) is 1.27. The number of carbonyl (C=O) groups excluding carboxylic acids is 1. The lowest BCUT2D eigenvalue weighted by Gasteiger charge is -2.24. The molecule has 0 spiro atoms. The molecule has 1 fully saturated rings. The van der Waals surface area contributed by atoms with Crippen LogP contribution in [0.2, 0.25) is 0 Å². The zero-order valence-electron chi connectivity index (χ0n) is 11.0. The molecule has 0 N–H and O–H groups in total. The van der Waals surface area contributed by atoms with Crippen molar-refractivity contribution >= 4 is 17.4 Å². The maximum atomic E-state index is 11.9. The zero-order valence-corrected chi connectivity index (χ0v) is 11.8. The number of amides is 1. The van der Waals surface area contributed by atoms with E-state index in [1.807, 2.05) is 20.8 Å². The molecule has 98 valence electrons. The fraction of sp³-hybridized carbons (Fsp3) is 0.692. The van der Waals surface area contributed by atoms with Gasteiger partial charge in [-0.2, -0.15) is 0 Å². The molecule has 1 amide bonds. The minimum absolute atomic E-state index is 0.235. The van der Waals surface area contributed by atoms with E-state index in [0.29, 0.717) is 19.0 Å². The first-order valence-electron chi connectivity index (χ1n) is 6.39. The standard InChI is InChI=1S/C13H18N2O2S/c1-13(2,3)17-12(16)15-6-9-10(7-15)18-11(14-9)8-4-5-8/h8H,4-7H2,1-3H3. The largest absolute Gasteiger partial charge is 0.444 e. The smallest absolute Gasteiger partial charge is 0.410 e. The third-order valence-electron chi connectivity index (χ3n) is 3.05. The molecule has 3 rings (SSSR count). The zero-order chi connectivity index (χ0) is 12.9. The topological polar surface area (TPSA) is 42.4 Å². The van der Waals surface area contributed by atoms with Crippen molar-refractivity contribution in [2.24, 2.45) is 0 Å². The summed E-state index contributed by atoms with van der Waals surface area (Å²) in [5.74, 6) is 0.704. The number of nitrogens with zero attached hydrogens (tertiary/aromatic N) is 2. The van der Waals surface area contributed by atoms with E-state index in [-0.39, 0.29) is 6.09 Å².